The summed E-state index contributed by atoms with van der Waals surface area (Å²) < 4.78 is 16.2. The molecule has 0 amide bonds. The first-order valence-corrected chi connectivity index (χ1v) is 10.1. The fourth-order valence-corrected chi connectivity index (χ4v) is 4.00. The number of thiophene rings is 1. The molecule has 0 aliphatic carbocycles. The second kappa shape index (κ2) is 7.91. The van der Waals surface area contributed by atoms with Crippen LogP contribution in [0.4, 0.5) is 0 Å². The fourth-order valence-electron chi connectivity index (χ4n) is 2.40. The number of esters is 1. The average Bonchev–Trinajstić information content (AvgIpc) is 3.49. The van der Waals surface area contributed by atoms with Gasteiger partial charge in [-0.3, -0.25) is 0 Å². The third-order valence-corrected chi connectivity index (χ3v) is 5.74. The number of rotatable bonds is 6. The highest BCUT2D eigenvalue weighted by atomic mass is 32.1. The SMILES string of the molecule is COc1ccc(-c2nnc([C@H](C)OC(=O)c3csc(-c4cccs4)n3)o2)cc1. The normalized spacial score (nSPS) is 11.9. The van der Waals surface area contributed by atoms with E-state index in [-0.39, 0.29) is 11.6 Å². The molecule has 7 nitrogen and oxygen atoms in total. The monoisotopic (exact) mass is 413 g/mol. The van der Waals surface area contributed by atoms with Crippen LogP contribution >= 0.6 is 22.7 Å². The summed E-state index contributed by atoms with van der Waals surface area (Å²) in [6.07, 6.45) is -0.695. The lowest BCUT2D eigenvalue weighted by Gasteiger charge is -2.07. The number of carbonyl (C=O) groups excluding carboxylic acids is 1. The molecule has 4 aromatic rings. The Morgan fingerprint density at radius 1 is 1.14 bits per heavy atom. The van der Waals surface area contributed by atoms with Crippen molar-refractivity contribution >= 4 is 28.6 Å². The van der Waals surface area contributed by atoms with E-state index in [0.717, 1.165) is 21.2 Å². The number of aromatic nitrogens is 3. The lowest BCUT2D eigenvalue weighted by molar-refractivity contribution is 0.0274. The highest BCUT2D eigenvalue weighted by Crippen LogP contribution is 2.29. The van der Waals surface area contributed by atoms with Gasteiger partial charge in [0.25, 0.3) is 5.89 Å². The molecule has 28 heavy (non-hydrogen) atoms. The lowest BCUT2D eigenvalue weighted by atomic mass is 10.2. The van der Waals surface area contributed by atoms with Crippen molar-refractivity contribution in [3.05, 3.63) is 58.7 Å². The number of carbonyl (C=O) groups is 1. The van der Waals surface area contributed by atoms with E-state index in [2.05, 4.69) is 15.2 Å². The first kappa shape index (κ1) is 18.3. The van der Waals surface area contributed by atoms with Gasteiger partial charge in [0, 0.05) is 10.9 Å². The first-order valence-electron chi connectivity index (χ1n) is 8.32. The van der Waals surface area contributed by atoms with Crippen LogP contribution in [-0.2, 0) is 4.74 Å². The zero-order chi connectivity index (χ0) is 19.5. The number of methoxy groups -OCH3 is 1. The number of thiazole rings is 1. The molecule has 1 atom stereocenters. The zero-order valence-electron chi connectivity index (χ0n) is 15.0. The molecule has 0 fully saturated rings. The first-order chi connectivity index (χ1) is 13.6. The van der Waals surface area contributed by atoms with Crippen molar-refractivity contribution in [1.82, 2.24) is 15.2 Å². The Balaban J connectivity index is 1.44. The maximum atomic E-state index is 12.4. The maximum Gasteiger partial charge on any atom is 0.358 e. The molecule has 0 radical (unpaired) electrons. The highest BCUT2D eigenvalue weighted by molar-refractivity contribution is 7.20. The summed E-state index contributed by atoms with van der Waals surface area (Å²) in [5.41, 5.74) is 1.01. The standard InChI is InChI=1S/C19H15N3O4S2/c1-11(16-21-22-17(26-16)12-5-7-13(24-2)8-6-12)25-19(23)14-10-28-18(20-14)15-4-3-9-27-15/h3-11H,1-2H3/t11-/m0/s1. The fraction of sp³-hybridized carbons (Fsp3) is 0.158. The molecule has 0 N–H and O–H groups in total. The number of hydrogen-bond donors (Lipinski definition) is 0. The van der Waals surface area contributed by atoms with Crippen molar-refractivity contribution in [3.63, 3.8) is 0 Å². The summed E-state index contributed by atoms with van der Waals surface area (Å²) >= 11 is 2.97. The quantitative estimate of drug-likeness (QED) is 0.418. The Morgan fingerprint density at radius 3 is 2.68 bits per heavy atom. The van der Waals surface area contributed by atoms with Gasteiger partial charge in [0.15, 0.2) is 11.8 Å². The van der Waals surface area contributed by atoms with Crippen LogP contribution in [-0.4, -0.2) is 28.3 Å². The molecular weight excluding hydrogens is 398 g/mol. The van der Waals surface area contributed by atoms with E-state index in [1.54, 1.807) is 42.9 Å². The van der Waals surface area contributed by atoms with Gasteiger partial charge in [-0.15, -0.1) is 32.9 Å². The summed E-state index contributed by atoms with van der Waals surface area (Å²) in [6, 6.07) is 11.1. The van der Waals surface area contributed by atoms with Crippen molar-refractivity contribution < 1.29 is 18.7 Å². The Morgan fingerprint density at radius 2 is 1.96 bits per heavy atom. The van der Waals surface area contributed by atoms with Gasteiger partial charge in [-0.1, -0.05) is 6.07 Å². The molecule has 0 saturated heterocycles. The van der Waals surface area contributed by atoms with Gasteiger partial charge in [0.2, 0.25) is 5.89 Å². The van der Waals surface area contributed by atoms with Crippen LogP contribution in [0, 0.1) is 0 Å². The minimum absolute atomic E-state index is 0.216. The van der Waals surface area contributed by atoms with Crippen LogP contribution in [0.15, 0.2) is 51.6 Å². The summed E-state index contributed by atoms with van der Waals surface area (Å²) in [5, 5.41) is 12.4. The van der Waals surface area contributed by atoms with E-state index in [1.807, 2.05) is 29.6 Å². The van der Waals surface area contributed by atoms with E-state index in [4.69, 9.17) is 13.9 Å². The van der Waals surface area contributed by atoms with Crippen molar-refractivity contribution in [3.8, 4) is 27.1 Å². The molecule has 0 saturated carbocycles. The average molecular weight is 413 g/mol. The van der Waals surface area contributed by atoms with Crippen LogP contribution < -0.4 is 4.74 Å². The molecule has 142 valence electrons. The second-order valence-electron chi connectivity index (χ2n) is 5.74. The molecule has 0 aliphatic rings. The van der Waals surface area contributed by atoms with Crippen LogP contribution in [0.2, 0.25) is 0 Å². The van der Waals surface area contributed by atoms with E-state index >= 15 is 0 Å². The summed E-state index contributed by atoms with van der Waals surface area (Å²) in [7, 11) is 1.60. The molecule has 0 spiro atoms. The van der Waals surface area contributed by atoms with Gasteiger partial charge in [-0.05, 0) is 42.6 Å². The Labute approximate surface area is 168 Å². The van der Waals surface area contributed by atoms with Gasteiger partial charge < -0.3 is 13.9 Å². The van der Waals surface area contributed by atoms with Gasteiger partial charge in [-0.2, -0.15) is 0 Å². The largest absolute Gasteiger partial charge is 0.497 e. The molecule has 9 heteroatoms. The molecule has 4 rings (SSSR count). The van der Waals surface area contributed by atoms with Crippen LogP contribution in [0.3, 0.4) is 0 Å². The van der Waals surface area contributed by atoms with Crippen molar-refractivity contribution in [2.45, 2.75) is 13.0 Å². The predicted molar refractivity (Wildman–Crippen MR) is 106 cm³/mol. The maximum absolute atomic E-state index is 12.4. The topological polar surface area (TPSA) is 87.3 Å². The van der Waals surface area contributed by atoms with E-state index in [9.17, 15) is 4.79 Å². The summed E-state index contributed by atoms with van der Waals surface area (Å²) in [5.74, 6) is 0.758. The van der Waals surface area contributed by atoms with Crippen molar-refractivity contribution in [2.24, 2.45) is 0 Å². The zero-order valence-corrected chi connectivity index (χ0v) is 16.6. The minimum Gasteiger partial charge on any atom is -0.497 e. The molecule has 1 aromatic carbocycles. The third-order valence-electron chi connectivity index (χ3n) is 3.85. The smallest absolute Gasteiger partial charge is 0.358 e. The van der Waals surface area contributed by atoms with Crippen LogP contribution in [0.5, 0.6) is 5.75 Å². The Bertz CT molecular complexity index is 1070. The van der Waals surface area contributed by atoms with E-state index < -0.39 is 12.1 Å². The molecule has 3 aromatic heterocycles. The molecular formula is C19H15N3O4S2. The van der Waals surface area contributed by atoms with E-state index in [0.29, 0.717) is 5.89 Å². The summed E-state index contributed by atoms with van der Waals surface area (Å²) in [6.45, 7) is 1.68. The van der Waals surface area contributed by atoms with Gasteiger partial charge in [0.05, 0.1) is 12.0 Å². The number of hydrogen-bond acceptors (Lipinski definition) is 9. The van der Waals surface area contributed by atoms with Gasteiger partial charge in [0.1, 0.15) is 10.8 Å². The van der Waals surface area contributed by atoms with Crippen LogP contribution in [0.1, 0.15) is 29.4 Å². The van der Waals surface area contributed by atoms with E-state index in [1.165, 1.54) is 11.3 Å². The van der Waals surface area contributed by atoms with Crippen molar-refractivity contribution in [1.29, 1.82) is 0 Å². The molecule has 0 bridgehead atoms. The molecule has 0 aliphatic heterocycles. The molecule has 3 heterocycles. The minimum atomic E-state index is -0.695. The Hall–Kier alpha value is -3.04. The number of ether oxygens (including phenoxy) is 2. The van der Waals surface area contributed by atoms with Crippen molar-refractivity contribution in [2.75, 3.05) is 7.11 Å². The third kappa shape index (κ3) is 3.80. The second-order valence-corrected chi connectivity index (χ2v) is 7.54. The predicted octanol–water partition coefficient (Wildman–Crippen LogP) is 4.85. The summed E-state index contributed by atoms with van der Waals surface area (Å²) in [4.78, 5) is 17.7. The number of nitrogens with zero attached hydrogens (tertiary/aromatic N) is 3. The van der Waals surface area contributed by atoms with Gasteiger partial charge in [-0.25, -0.2) is 9.78 Å². The Kier molecular flexibility index (Phi) is 5.18. The molecule has 0 unspecified atom stereocenters. The van der Waals surface area contributed by atoms with Crippen LogP contribution in [0.25, 0.3) is 21.3 Å². The number of benzene rings is 1. The lowest BCUT2D eigenvalue weighted by Crippen LogP contribution is -2.10. The van der Waals surface area contributed by atoms with Gasteiger partial charge >= 0.3 is 5.97 Å². The highest BCUT2D eigenvalue weighted by Gasteiger charge is 2.22.